The van der Waals surface area contributed by atoms with E-state index in [1.807, 2.05) is 12.1 Å². The van der Waals surface area contributed by atoms with Crippen molar-refractivity contribution < 1.29 is 9.90 Å². The number of fused-ring (bicyclic) bond motifs is 1. The van der Waals surface area contributed by atoms with E-state index in [0.29, 0.717) is 16.5 Å². The Bertz CT molecular complexity index is 903. The van der Waals surface area contributed by atoms with Gasteiger partial charge in [0.05, 0.1) is 5.69 Å². The Labute approximate surface area is 144 Å². The van der Waals surface area contributed by atoms with Crippen molar-refractivity contribution in [1.29, 1.82) is 0 Å². The van der Waals surface area contributed by atoms with E-state index in [2.05, 4.69) is 22.1 Å². The van der Waals surface area contributed by atoms with Gasteiger partial charge in [0.2, 0.25) is 0 Å². The lowest BCUT2D eigenvalue weighted by Gasteiger charge is -2.21. The number of carboxylic acid groups (broad SMARTS) is 1. The van der Waals surface area contributed by atoms with Crippen molar-refractivity contribution in [3.63, 3.8) is 0 Å². The molecule has 0 saturated heterocycles. The van der Waals surface area contributed by atoms with E-state index in [-0.39, 0.29) is 0 Å². The molecule has 0 atom stereocenters. The number of thiazole rings is 1. The number of aromatic nitrogens is 2. The second kappa shape index (κ2) is 6.06. The van der Waals surface area contributed by atoms with Gasteiger partial charge in [0, 0.05) is 22.2 Å². The number of nitrogens with one attached hydrogen (secondary N) is 1. The summed E-state index contributed by atoms with van der Waals surface area (Å²) >= 11 is 1.29. The van der Waals surface area contributed by atoms with Gasteiger partial charge in [-0.15, -0.1) is 11.3 Å². The monoisotopic (exact) mass is 340 g/mol. The van der Waals surface area contributed by atoms with Crippen LogP contribution in [0.2, 0.25) is 0 Å². The summed E-state index contributed by atoms with van der Waals surface area (Å²) in [5.41, 5.74) is 4.06. The van der Waals surface area contributed by atoms with Crippen LogP contribution in [0.3, 0.4) is 0 Å². The Kier molecular flexibility index (Phi) is 3.88. The molecule has 4 rings (SSSR count). The zero-order chi connectivity index (χ0) is 16.7. The van der Waals surface area contributed by atoms with E-state index in [9.17, 15) is 9.90 Å². The van der Waals surface area contributed by atoms with Gasteiger partial charge in [0.25, 0.3) is 0 Å². The molecule has 0 amide bonds. The highest BCUT2D eigenvalue weighted by molar-refractivity contribution is 7.17. The third kappa shape index (κ3) is 2.53. The highest BCUT2D eigenvalue weighted by atomic mass is 32.1. The predicted molar refractivity (Wildman–Crippen MR) is 96.9 cm³/mol. The van der Waals surface area contributed by atoms with E-state index >= 15 is 0 Å². The average molecular weight is 340 g/mol. The standard InChI is InChI=1S/C19H20N2O2S/c1-11-17(19(22)23)24-18(20-11)15-13-9-5-6-10-14(13)21-16(15)12-7-3-2-4-8-12/h5-6,9-10,12,21H,2-4,7-8H2,1H3,(H,22,23). The molecule has 1 aliphatic carbocycles. The smallest absolute Gasteiger partial charge is 0.347 e. The Morgan fingerprint density at radius 1 is 1.25 bits per heavy atom. The first kappa shape index (κ1) is 15.4. The fraction of sp³-hybridized carbons (Fsp3) is 0.368. The van der Waals surface area contributed by atoms with Crippen molar-refractivity contribution in [3.05, 3.63) is 40.5 Å². The number of hydrogen-bond donors (Lipinski definition) is 2. The fourth-order valence-corrected chi connectivity index (χ4v) is 4.77. The number of benzene rings is 1. The van der Waals surface area contributed by atoms with Gasteiger partial charge in [0.1, 0.15) is 9.88 Å². The molecule has 0 spiro atoms. The van der Waals surface area contributed by atoms with Gasteiger partial charge in [-0.1, -0.05) is 37.5 Å². The van der Waals surface area contributed by atoms with Crippen LogP contribution in [0.15, 0.2) is 24.3 Å². The summed E-state index contributed by atoms with van der Waals surface area (Å²) in [6.45, 7) is 1.78. The van der Waals surface area contributed by atoms with Crippen LogP contribution < -0.4 is 0 Å². The van der Waals surface area contributed by atoms with Gasteiger partial charge in [-0.05, 0) is 31.7 Å². The summed E-state index contributed by atoms with van der Waals surface area (Å²) in [4.78, 5) is 20.0. The molecule has 2 aromatic heterocycles. The van der Waals surface area contributed by atoms with E-state index in [4.69, 9.17) is 0 Å². The highest BCUT2D eigenvalue weighted by Gasteiger charge is 2.26. The Morgan fingerprint density at radius 2 is 2.00 bits per heavy atom. The summed E-state index contributed by atoms with van der Waals surface area (Å²) in [5, 5.41) is 11.3. The zero-order valence-electron chi connectivity index (χ0n) is 13.6. The Hall–Kier alpha value is -2.14. The number of nitrogens with zero attached hydrogens (tertiary/aromatic N) is 1. The molecule has 1 aromatic carbocycles. The number of hydrogen-bond acceptors (Lipinski definition) is 3. The van der Waals surface area contributed by atoms with E-state index in [1.165, 1.54) is 49.1 Å². The van der Waals surface area contributed by atoms with Gasteiger partial charge in [-0.25, -0.2) is 9.78 Å². The van der Waals surface area contributed by atoms with Crippen molar-refractivity contribution in [2.24, 2.45) is 0 Å². The molecule has 1 saturated carbocycles. The molecule has 2 heterocycles. The molecule has 1 fully saturated rings. The first-order valence-corrected chi connectivity index (χ1v) is 9.28. The minimum Gasteiger partial charge on any atom is -0.477 e. The van der Waals surface area contributed by atoms with Crippen molar-refractivity contribution >= 4 is 28.2 Å². The molecule has 2 N–H and O–H groups in total. The largest absolute Gasteiger partial charge is 0.477 e. The van der Waals surface area contributed by atoms with Crippen molar-refractivity contribution in [1.82, 2.24) is 9.97 Å². The van der Waals surface area contributed by atoms with Gasteiger partial charge in [0.15, 0.2) is 0 Å². The summed E-state index contributed by atoms with van der Waals surface area (Å²) in [6, 6.07) is 8.25. The minimum absolute atomic E-state index is 0.338. The first-order chi connectivity index (χ1) is 11.6. The van der Waals surface area contributed by atoms with Crippen molar-refractivity contribution in [3.8, 4) is 10.6 Å². The zero-order valence-corrected chi connectivity index (χ0v) is 14.4. The van der Waals surface area contributed by atoms with Crippen LogP contribution in [0.5, 0.6) is 0 Å². The summed E-state index contributed by atoms with van der Waals surface area (Å²) in [6.07, 6.45) is 6.21. The van der Waals surface area contributed by atoms with Crippen LogP contribution in [0, 0.1) is 6.92 Å². The van der Waals surface area contributed by atoms with Crippen molar-refractivity contribution in [2.75, 3.05) is 0 Å². The number of aromatic carboxylic acids is 1. The van der Waals surface area contributed by atoms with E-state index in [1.54, 1.807) is 6.92 Å². The van der Waals surface area contributed by atoms with E-state index in [0.717, 1.165) is 21.5 Å². The molecule has 124 valence electrons. The summed E-state index contributed by atoms with van der Waals surface area (Å²) in [5.74, 6) is -0.381. The number of H-pyrrole nitrogens is 1. The van der Waals surface area contributed by atoms with Crippen LogP contribution in [-0.4, -0.2) is 21.0 Å². The summed E-state index contributed by atoms with van der Waals surface area (Å²) in [7, 11) is 0. The van der Waals surface area contributed by atoms with Gasteiger partial charge < -0.3 is 10.1 Å². The maximum absolute atomic E-state index is 11.4. The first-order valence-electron chi connectivity index (χ1n) is 8.47. The molecule has 0 bridgehead atoms. The maximum atomic E-state index is 11.4. The number of carbonyl (C=O) groups is 1. The van der Waals surface area contributed by atoms with Crippen molar-refractivity contribution in [2.45, 2.75) is 44.9 Å². The molecule has 0 unspecified atom stereocenters. The molecule has 0 radical (unpaired) electrons. The molecule has 1 aliphatic rings. The Morgan fingerprint density at radius 3 is 2.71 bits per heavy atom. The van der Waals surface area contributed by atoms with Crippen LogP contribution in [0.4, 0.5) is 0 Å². The van der Waals surface area contributed by atoms with Gasteiger partial charge >= 0.3 is 5.97 Å². The summed E-state index contributed by atoms with van der Waals surface area (Å²) < 4.78 is 0. The van der Waals surface area contributed by atoms with Crippen LogP contribution in [-0.2, 0) is 0 Å². The number of rotatable bonds is 3. The molecule has 5 heteroatoms. The molecule has 4 nitrogen and oxygen atoms in total. The van der Waals surface area contributed by atoms with Gasteiger partial charge in [-0.3, -0.25) is 0 Å². The topological polar surface area (TPSA) is 66.0 Å². The Balaban J connectivity index is 1.92. The van der Waals surface area contributed by atoms with E-state index < -0.39 is 5.97 Å². The lowest BCUT2D eigenvalue weighted by molar-refractivity contribution is 0.0701. The second-order valence-corrected chi connectivity index (χ2v) is 7.53. The van der Waals surface area contributed by atoms with Crippen LogP contribution in [0.25, 0.3) is 21.5 Å². The second-order valence-electron chi connectivity index (χ2n) is 6.53. The molecular weight excluding hydrogens is 320 g/mol. The predicted octanol–water partition coefficient (Wildman–Crippen LogP) is 5.35. The highest BCUT2D eigenvalue weighted by Crippen LogP contribution is 2.43. The lowest BCUT2D eigenvalue weighted by Crippen LogP contribution is -2.06. The van der Waals surface area contributed by atoms with Gasteiger partial charge in [-0.2, -0.15) is 0 Å². The fourth-order valence-electron chi connectivity index (χ4n) is 3.79. The number of carboxylic acids is 1. The number of aromatic amines is 1. The van der Waals surface area contributed by atoms with Crippen LogP contribution in [0.1, 0.15) is 59.1 Å². The number of aryl methyl sites for hydroxylation is 1. The maximum Gasteiger partial charge on any atom is 0.347 e. The average Bonchev–Trinajstić information content (AvgIpc) is 3.16. The third-order valence-corrected chi connectivity index (χ3v) is 6.12. The molecular formula is C19H20N2O2S. The third-order valence-electron chi connectivity index (χ3n) is 4.95. The molecule has 0 aliphatic heterocycles. The molecule has 3 aromatic rings. The SMILES string of the molecule is Cc1nc(-c2c(C3CCCCC3)[nH]c3ccccc23)sc1C(=O)O. The quantitative estimate of drug-likeness (QED) is 0.676. The molecule has 24 heavy (non-hydrogen) atoms. The normalized spacial score (nSPS) is 15.9. The number of para-hydroxylation sites is 1. The minimum atomic E-state index is -0.893. The van der Waals surface area contributed by atoms with Crippen LogP contribution >= 0.6 is 11.3 Å². The lowest BCUT2D eigenvalue weighted by atomic mass is 9.85.